The van der Waals surface area contributed by atoms with Crippen molar-refractivity contribution >= 4 is 5.69 Å². The average Bonchev–Trinajstić information content (AvgIpc) is 2.35. The van der Waals surface area contributed by atoms with E-state index >= 15 is 0 Å². The molecular formula is C13H18N2O2. The molecule has 17 heavy (non-hydrogen) atoms. The van der Waals surface area contributed by atoms with Gasteiger partial charge in [0.2, 0.25) is 0 Å². The maximum Gasteiger partial charge on any atom is 0.0992 e. The van der Waals surface area contributed by atoms with Gasteiger partial charge in [0.05, 0.1) is 31.5 Å². The van der Waals surface area contributed by atoms with Crippen molar-refractivity contribution in [1.29, 1.82) is 5.26 Å². The average molecular weight is 234 g/mol. The summed E-state index contributed by atoms with van der Waals surface area (Å²) in [6.45, 7) is 4.58. The second-order valence-corrected chi connectivity index (χ2v) is 3.67. The molecule has 0 aliphatic carbocycles. The summed E-state index contributed by atoms with van der Waals surface area (Å²) in [7, 11) is 1.65. The lowest BCUT2D eigenvalue weighted by Gasteiger charge is -2.10. The first kappa shape index (κ1) is 13.5. The minimum atomic E-state index is 0.607. The van der Waals surface area contributed by atoms with E-state index in [1.807, 2.05) is 25.1 Å². The number of methoxy groups -OCH3 is 1. The van der Waals surface area contributed by atoms with Crippen molar-refractivity contribution in [2.24, 2.45) is 0 Å². The first-order chi connectivity index (χ1) is 8.27. The van der Waals surface area contributed by atoms with E-state index in [0.29, 0.717) is 25.4 Å². The molecule has 1 aromatic rings. The molecule has 0 spiro atoms. The minimum Gasteiger partial charge on any atom is -0.382 e. The zero-order chi connectivity index (χ0) is 12.5. The quantitative estimate of drug-likeness (QED) is 0.732. The van der Waals surface area contributed by atoms with Crippen LogP contribution in [-0.4, -0.2) is 33.5 Å². The Morgan fingerprint density at radius 1 is 1.29 bits per heavy atom. The Hall–Kier alpha value is -1.57. The number of nitriles is 1. The Morgan fingerprint density at radius 2 is 2.12 bits per heavy atom. The van der Waals surface area contributed by atoms with Crippen molar-refractivity contribution in [3.8, 4) is 6.07 Å². The number of hydrogen-bond donors (Lipinski definition) is 1. The van der Waals surface area contributed by atoms with Gasteiger partial charge in [-0.2, -0.15) is 5.26 Å². The van der Waals surface area contributed by atoms with Crippen molar-refractivity contribution in [1.82, 2.24) is 0 Å². The van der Waals surface area contributed by atoms with Gasteiger partial charge in [-0.15, -0.1) is 0 Å². The molecule has 92 valence electrons. The summed E-state index contributed by atoms with van der Waals surface area (Å²) in [6.07, 6.45) is 0. The van der Waals surface area contributed by atoms with Gasteiger partial charge in [0.1, 0.15) is 0 Å². The van der Waals surface area contributed by atoms with Crippen molar-refractivity contribution in [2.75, 3.05) is 38.8 Å². The highest BCUT2D eigenvalue weighted by molar-refractivity contribution is 5.55. The fourth-order valence-electron chi connectivity index (χ4n) is 1.38. The number of ether oxygens (including phenoxy) is 2. The van der Waals surface area contributed by atoms with Crippen LogP contribution in [0.1, 0.15) is 11.1 Å². The number of nitrogens with zero attached hydrogens (tertiary/aromatic N) is 1. The molecular weight excluding hydrogens is 216 g/mol. The molecule has 0 aliphatic rings. The molecule has 0 saturated carbocycles. The van der Waals surface area contributed by atoms with E-state index in [4.69, 9.17) is 14.7 Å². The third-order valence-corrected chi connectivity index (χ3v) is 2.36. The van der Waals surface area contributed by atoms with Crippen molar-refractivity contribution in [3.05, 3.63) is 29.3 Å². The van der Waals surface area contributed by atoms with Gasteiger partial charge in [-0.1, -0.05) is 6.07 Å². The lowest BCUT2D eigenvalue weighted by atomic mass is 10.1. The fraction of sp³-hybridized carbons (Fsp3) is 0.462. The van der Waals surface area contributed by atoms with Crippen LogP contribution in [0.15, 0.2) is 18.2 Å². The zero-order valence-corrected chi connectivity index (χ0v) is 10.3. The molecule has 0 unspecified atom stereocenters. The number of nitrogens with one attached hydrogen (secondary N) is 1. The predicted octanol–water partition coefficient (Wildman–Crippen LogP) is 1.94. The summed E-state index contributed by atoms with van der Waals surface area (Å²) in [4.78, 5) is 0. The Kier molecular flexibility index (Phi) is 6.08. The lowest BCUT2D eigenvalue weighted by molar-refractivity contribution is 0.0759. The molecule has 0 heterocycles. The van der Waals surface area contributed by atoms with Gasteiger partial charge in [-0.3, -0.25) is 0 Å². The molecule has 4 nitrogen and oxygen atoms in total. The van der Waals surface area contributed by atoms with Crippen LogP contribution in [0.4, 0.5) is 5.69 Å². The molecule has 1 aromatic carbocycles. The van der Waals surface area contributed by atoms with E-state index in [1.165, 1.54) is 0 Å². The van der Waals surface area contributed by atoms with Crippen molar-refractivity contribution < 1.29 is 9.47 Å². The molecule has 0 fully saturated rings. The molecule has 4 heteroatoms. The van der Waals surface area contributed by atoms with E-state index in [1.54, 1.807) is 7.11 Å². The normalized spacial score (nSPS) is 9.94. The first-order valence-electron chi connectivity index (χ1n) is 5.59. The molecule has 1 rings (SSSR count). The molecule has 0 radical (unpaired) electrons. The van der Waals surface area contributed by atoms with Gasteiger partial charge in [-0.05, 0) is 24.6 Å². The van der Waals surface area contributed by atoms with Gasteiger partial charge in [0, 0.05) is 19.3 Å². The molecule has 0 aliphatic heterocycles. The topological polar surface area (TPSA) is 54.3 Å². The molecule has 0 aromatic heterocycles. The van der Waals surface area contributed by atoms with Crippen LogP contribution in [0.5, 0.6) is 0 Å². The molecule has 0 saturated heterocycles. The van der Waals surface area contributed by atoms with Gasteiger partial charge in [0.25, 0.3) is 0 Å². The summed E-state index contributed by atoms with van der Waals surface area (Å²) < 4.78 is 10.2. The maximum atomic E-state index is 8.81. The summed E-state index contributed by atoms with van der Waals surface area (Å²) in [5.41, 5.74) is 2.78. The van der Waals surface area contributed by atoms with Gasteiger partial charge in [0.15, 0.2) is 0 Å². The highest BCUT2D eigenvalue weighted by Crippen LogP contribution is 2.15. The van der Waals surface area contributed by atoms with Gasteiger partial charge < -0.3 is 14.8 Å². The third-order valence-electron chi connectivity index (χ3n) is 2.36. The Morgan fingerprint density at radius 3 is 2.82 bits per heavy atom. The largest absolute Gasteiger partial charge is 0.382 e. The number of hydrogen-bond acceptors (Lipinski definition) is 4. The van der Waals surface area contributed by atoms with E-state index < -0.39 is 0 Å². The van der Waals surface area contributed by atoms with Crippen LogP contribution in [0.2, 0.25) is 0 Å². The summed E-state index contributed by atoms with van der Waals surface area (Å²) in [5.74, 6) is 0. The minimum absolute atomic E-state index is 0.607. The van der Waals surface area contributed by atoms with Crippen LogP contribution in [0, 0.1) is 18.3 Å². The smallest absolute Gasteiger partial charge is 0.0992 e. The fourth-order valence-corrected chi connectivity index (χ4v) is 1.38. The predicted molar refractivity (Wildman–Crippen MR) is 67.1 cm³/mol. The third kappa shape index (κ3) is 4.85. The van der Waals surface area contributed by atoms with Gasteiger partial charge >= 0.3 is 0 Å². The number of rotatable bonds is 7. The number of anilines is 1. The summed E-state index contributed by atoms with van der Waals surface area (Å²) >= 11 is 0. The van der Waals surface area contributed by atoms with E-state index in [2.05, 4.69) is 11.4 Å². The van der Waals surface area contributed by atoms with Crippen molar-refractivity contribution in [2.45, 2.75) is 6.92 Å². The second-order valence-electron chi connectivity index (χ2n) is 3.67. The van der Waals surface area contributed by atoms with Crippen LogP contribution >= 0.6 is 0 Å². The van der Waals surface area contributed by atoms with E-state index in [0.717, 1.165) is 17.8 Å². The molecule has 0 amide bonds. The Labute approximate surface area is 102 Å². The van der Waals surface area contributed by atoms with Crippen molar-refractivity contribution in [3.63, 3.8) is 0 Å². The lowest BCUT2D eigenvalue weighted by Crippen LogP contribution is -2.12. The monoisotopic (exact) mass is 234 g/mol. The van der Waals surface area contributed by atoms with Gasteiger partial charge in [-0.25, -0.2) is 0 Å². The van der Waals surface area contributed by atoms with E-state index in [9.17, 15) is 0 Å². The molecule has 0 atom stereocenters. The zero-order valence-electron chi connectivity index (χ0n) is 10.3. The highest BCUT2D eigenvalue weighted by atomic mass is 16.5. The van der Waals surface area contributed by atoms with Crippen LogP contribution < -0.4 is 5.32 Å². The Bertz CT molecular complexity index is 385. The second kappa shape index (κ2) is 7.66. The maximum absolute atomic E-state index is 8.81. The van der Waals surface area contributed by atoms with Crippen LogP contribution in [-0.2, 0) is 9.47 Å². The van der Waals surface area contributed by atoms with E-state index in [-0.39, 0.29) is 0 Å². The standard InChI is InChI=1S/C13H18N2O2/c1-11-3-4-12(10-14)9-13(11)15-5-6-17-8-7-16-2/h3-4,9,15H,5-8H2,1-2H3. The van der Waals surface area contributed by atoms with Crippen LogP contribution in [0.25, 0.3) is 0 Å². The number of aryl methyl sites for hydroxylation is 1. The molecule has 1 N–H and O–H groups in total. The summed E-state index contributed by atoms with van der Waals surface area (Å²) in [5, 5.41) is 12.1. The SMILES string of the molecule is COCCOCCNc1cc(C#N)ccc1C. The Balaban J connectivity index is 2.33. The molecule has 0 bridgehead atoms. The first-order valence-corrected chi connectivity index (χ1v) is 5.59. The highest BCUT2D eigenvalue weighted by Gasteiger charge is 1.99. The van der Waals surface area contributed by atoms with Crippen LogP contribution in [0.3, 0.4) is 0 Å². The summed E-state index contributed by atoms with van der Waals surface area (Å²) in [6, 6.07) is 7.73. The number of benzene rings is 1.